The summed E-state index contributed by atoms with van der Waals surface area (Å²) in [4.78, 5) is 29.4. The van der Waals surface area contributed by atoms with E-state index in [2.05, 4.69) is 25.0 Å². The number of rotatable bonds is 5. The number of pyridine rings is 1. The summed E-state index contributed by atoms with van der Waals surface area (Å²) >= 11 is 0. The molecule has 1 saturated heterocycles. The van der Waals surface area contributed by atoms with Crippen LogP contribution in [0.1, 0.15) is 0 Å². The minimum absolute atomic E-state index is 0.0110. The van der Waals surface area contributed by atoms with Crippen LogP contribution in [-0.2, 0) is 11.3 Å². The summed E-state index contributed by atoms with van der Waals surface area (Å²) in [5, 5.41) is 3.97. The molecule has 3 aromatic heterocycles. The quantitative estimate of drug-likeness (QED) is 0.477. The Morgan fingerprint density at radius 1 is 1.09 bits per heavy atom. The molecular weight excluding hydrogens is 413 g/mol. The van der Waals surface area contributed by atoms with E-state index in [1.54, 1.807) is 47.7 Å². The molecule has 4 heterocycles. The molecule has 0 bridgehead atoms. The summed E-state index contributed by atoms with van der Waals surface area (Å²) in [5.41, 5.74) is 2.21. The third-order valence-corrected chi connectivity index (χ3v) is 5.34. The molecule has 0 aliphatic carbocycles. The van der Waals surface area contributed by atoms with Crippen LogP contribution in [0, 0.1) is 5.82 Å². The van der Waals surface area contributed by atoms with Crippen LogP contribution < -0.4 is 4.90 Å². The van der Waals surface area contributed by atoms with E-state index in [1.165, 1.54) is 12.1 Å². The van der Waals surface area contributed by atoms with Gasteiger partial charge in [0.1, 0.15) is 18.1 Å². The molecule has 32 heavy (non-hydrogen) atoms. The standard InChI is InChI=1S/C22H20FN7O2/c23-17-3-5-18(6-4-17)29-8-10-30(11-9-29)20(31)14-28-13-19(25-15-28)21-26-22(32-27-21)16-2-1-7-24-12-16/h1-7,12-13,15H,8-11,14H2. The third kappa shape index (κ3) is 4.20. The SMILES string of the molecule is O=C(Cn1cnc(-c2noc(-c3cccnc3)n2)c1)N1CCN(c2ccc(F)cc2)CC1. The second kappa shape index (κ2) is 8.58. The number of benzene rings is 1. The molecule has 0 radical (unpaired) electrons. The monoisotopic (exact) mass is 433 g/mol. The van der Waals surface area contributed by atoms with Crippen LogP contribution in [-0.4, -0.2) is 61.7 Å². The molecule has 1 amide bonds. The molecule has 1 aliphatic heterocycles. The summed E-state index contributed by atoms with van der Waals surface area (Å²) in [6, 6.07) is 10.0. The molecule has 1 fully saturated rings. The van der Waals surface area contributed by atoms with Crippen molar-refractivity contribution in [2.45, 2.75) is 6.54 Å². The minimum atomic E-state index is -0.253. The number of nitrogens with zero attached hydrogens (tertiary/aromatic N) is 7. The first-order valence-corrected chi connectivity index (χ1v) is 10.2. The van der Waals surface area contributed by atoms with Crippen molar-refractivity contribution < 1.29 is 13.7 Å². The van der Waals surface area contributed by atoms with Gasteiger partial charge in [-0.25, -0.2) is 9.37 Å². The Morgan fingerprint density at radius 2 is 1.91 bits per heavy atom. The molecule has 9 nitrogen and oxygen atoms in total. The lowest BCUT2D eigenvalue weighted by atomic mass is 10.2. The number of imidazole rings is 1. The summed E-state index contributed by atoms with van der Waals surface area (Å²) in [7, 11) is 0. The van der Waals surface area contributed by atoms with Gasteiger partial charge in [0.25, 0.3) is 5.89 Å². The van der Waals surface area contributed by atoms with Gasteiger partial charge in [-0.2, -0.15) is 4.98 Å². The minimum Gasteiger partial charge on any atom is -0.368 e. The maximum atomic E-state index is 13.1. The van der Waals surface area contributed by atoms with E-state index in [0.717, 1.165) is 11.3 Å². The molecule has 5 rings (SSSR count). The fraction of sp³-hybridized carbons (Fsp3) is 0.227. The van der Waals surface area contributed by atoms with Crippen LogP contribution in [0.5, 0.6) is 0 Å². The van der Waals surface area contributed by atoms with Crippen molar-refractivity contribution in [3.8, 4) is 23.0 Å². The molecule has 0 atom stereocenters. The van der Waals surface area contributed by atoms with E-state index in [-0.39, 0.29) is 18.3 Å². The Balaban J connectivity index is 1.18. The van der Waals surface area contributed by atoms with Crippen LogP contribution in [0.25, 0.3) is 23.0 Å². The number of anilines is 1. The van der Waals surface area contributed by atoms with Gasteiger partial charge in [0.2, 0.25) is 11.7 Å². The summed E-state index contributed by atoms with van der Waals surface area (Å²) < 4.78 is 20.1. The highest BCUT2D eigenvalue weighted by Crippen LogP contribution is 2.20. The molecule has 10 heteroatoms. The topological polar surface area (TPSA) is 93.2 Å². The second-order valence-electron chi connectivity index (χ2n) is 7.44. The normalized spacial score (nSPS) is 14.0. The summed E-state index contributed by atoms with van der Waals surface area (Å²) in [6.45, 7) is 2.80. The van der Waals surface area contributed by atoms with Crippen molar-refractivity contribution in [2.75, 3.05) is 31.1 Å². The Labute approximate surface area is 183 Å². The van der Waals surface area contributed by atoms with Crippen molar-refractivity contribution in [1.82, 2.24) is 29.6 Å². The fourth-order valence-electron chi connectivity index (χ4n) is 3.62. The molecular formula is C22H20FN7O2. The van der Waals surface area contributed by atoms with Gasteiger partial charge < -0.3 is 18.9 Å². The number of hydrogen-bond acceptors (Lipinski definition) is 7. The van der Waals surface area contributed by atoms with Crippen molar-refractivity contribution in [3.63, 3.8) is 0 Å². The van der Waals surface area contributed by atoms with Crippen LogP contribution in [0.3, 0.4) is 0 Å². The average Bonchev–Trinajstić information content (AvgIpc) is 3.50. The van der Waals surface area contributed by atoms with E-state index in [9.17, 15) is 9.18 Å². The van der Waals surface area contributed by atoms with Gasteiger partial charge in [-0.15, -0.1) is 0 Å². The van der Waals surface area contributed by atoms with Gasteiger partial charge in [-0.1, -0.05) is 5.16 Å². The zero-order valence-electron chi connectivity index (χ0n) is 17.1. The maximum Gasteiger partial charge on any atom is 0.259 e. The van der Waals surface area contributed by atoms with Crippen LogP contribution in [0.2, 0.25) is 0 Å². The lowest BCUT2D eigenvalue weighted by Gasteiger charge is -2.36. The van der Waals surface area contributed by atoms with Crippen LogP contribution in [0.15, 0.2) is 65.8 Å². The largest absolute Gasteiger partial charge is 0.368 e. The van der Waals surface area contributed by atoms with E-state index in [0.29, 0.717) is 43.6 Å². The molecule has 0 unspecified atom stereocenters. The van der Waals surface area contributed by atoms with Gasteiger partial charge in [0, 0.05) is 50.5 Å². The number of amides is 1. The van der Waals surface area contributed by atoms with Crippen molar-refractivity contribution in [3.05, 3.63) is 67.1 Å². The lowest BCUT2D eigenvalue weighted by Crippen LogP contribution is -2.49. The number of halogens is 1. The Bertz CT molecular complexity index is 1200. The number of carbonyl (C=O) groups excluding carboxylic acids is 1. The Kier molecular flexibility index (Phi) is 5.32. The van der Waals surface area contributed by atoms with E-state index >= 15 is 0 Å². The van der Waals surface area contributed by atoms with E-state index in [4.69, 9.17) is 4.52 Å². The average molecular weight is 433 g/mol. The highest BCUT2D eigenvalue weighted by molar-refractivity contribution is 5.76. The van der Waals surface area contributed by atoms with Crippen molar-refractivity contribution >= 4 is 11.6 Å². The lowest BCUT2D eigenvalue weighted by molar-refractivity contribution is -0.132. The number of carbonyl (C=O) groups is 1. The predicted molar refractivity (Wildman–Crippen MR) is 114 cm³/mol. The Morgan fingerprint density at radius 3 is 2.66 bits per heavy atom. The number of hydrogen-bond donors (Lipinski definition) is 0. The highest BCUT2D eigenvalue weighted by Gasteiger charge is 2.22. The Hall–Kier alpha value is -4.08. The van der Waals surface area contributed by atoms with Gasteiger partial charge in [-0.05, 0) is 36.4 Å². The summed E-state index contributed by atoms with van der Waals surface area (Å²) in [6.07, 6.45) is 6.62. The first kappa shape index (κ1) is 19.9. The van der Waals surface area contributed by atoms with Crippen LogP contribution >= 0.6 is 0 Å². The van der Waals surface area contributed by atoms with E-state index in [1.807, 2.05) is 11.0 Å². The van der Waals surface area contributed by atoms with Gasteiger partial charge in [-0.3, -0.25) is 9.78 Å². The molecule has 0 N–H and O–H groups in total. The third-order valence-electron chi connectivity index (χ3n) is 5.34. The number of aromatic nitrogens is 5. The molecule has 0 saturated carbocycles. The molecule has 0 spiro atoms. The van der Waals surface area contributed by atoms with Gasteiger partial charge in [0.05, 0.1) is 11.9 Å². The van der Waals surface area contributed by atoms with Crippen molar-refractivity contribution in [2.24, 2.45) is 0 Å². The fourth-order valence-corrected chi connectivity index (χ4v) is 3.62. The van der Waals surface area contributed by atoms with Crippen molar-refractivity contribution in [1.29, 1.82) is 0 Å². The molecule has 162 valence electrons. The first-order chi connectivity index (χ1) is 15.7. The summed E-state index contributed by atoms with van der Waals surface area (Å²) in [5.74, 6) is 0.467. The maximum absolute atomic E-state index is 13.1. The smallest absolute Gasteiger partial charge is 0.259 e. The van der Waals surface area contributed by atoms with Gasteiger partial charge in [0.15, 0.2) is 0 Å². The highest BCUT2D eigenvalue weighted by atomic mass is 19.1. The number of piperazine rings is 1. The molecule has 1 aliphatic rings. The first-order valence-electron chi connectivity index (χ1n) is 10.2. The van der Waals surface area contributed by atoms with Crippen LogP contribution in [0.4, 0.5) is 10.1 Å². The molecule has 4 aromatic rings. The van der Waals surface area contributed by atoms with Gasteiger partial charge >= 0.3 is 0 Å². The van der Waals surface area contributed by atoms with E-state index < -0.39 is 0 Å². The zero-order chi connectivity index (χ0) is 21.9. The second-order valence-corrected chi connectivity index (χ2v) is 7.44. The molecule has 1 aromatic carbocycles. The predicted octanol–water partition coefficient (Wildman–Crippen LogP) is 2.48. The zero-order valence-corrected chi connectivity index (χ0v) is 17.1.